The molecule has 0 aliphatic carbocycles. The van der Waals surface area contributed by atoms with Crippen molar-refractivity contribution >= 4 is 17.3 Å². The minimum absolute atomic E-state index is 0.178. The molecule has 146 valence electrons. The lowest BCUT2D eigenvalue weighted by molar-refractivity contribution is 0.0188. The molecule has 0 radical (unpaired) electrons. The third-order valence-corrected chi connectivity index (χ3v) is 4.76. The lowest BCUT2D eigenvalue weighted by Gasteiger charge is -2.34. The highest BCUT2D eigenvalue weighted by Crippen LogP contribution is 2.25. The van der Waals surface area contributed by atoms with Crippen molar-refractivity contribution < 1.29 is 9.53 Å². The number of hydrogen-bond donors (Lipinski definition) is 0. The average molecular weight is 374 g/mol. The van der Waals surface area contributed by atoms with Crippen molar-refractivity contribution in [3.63, 3.8) is 0 Å². The molecule has 2 aromatic rings. The second-order valence-corrected chi connectivity index (χ2v) is 8.09. The number of carbonyl (C=O) groups is 1. The van der Waals surface area contributed by atoms with Crippen LogP contribution in [-0.2, 0) is 11.8 Å². The Morgan fingerprint density at radius 1 is 1.19 bits per heavy atom. The van der Waals surface area contributed by atoms with Gasteiger partial charge in [-0.3, -0.25) is 14.2 Å². The summed E-state index contributed by atoms with van der Waals surface area (Å²) in [5, 5.41) is 0. The van der Waals surface area contributed by atoms with Crippen LogP contribution in [0.15, 0.2) is 21.9 Å². The quantitative estimate of drug-likeness (QED) is 0.713. The molecule has 0 bridgehead atoms. The minimum atomic E-state index is -0.572. The third kappa shape index (κ3) is 3.74. The predicted molar refractivity (Wildman–Crippen MR) is 102 cm³/mol. The van der Waals surface area contributed by atoms with Crippen LogP contribution in [0.25, 0.3) is 11.2 Å². The highest BCUT2D eigenvalue weighted by atomic mass is 16.6. The molecule has 2 aromatic heterocycles. The smallest absolute Gasteiger partial charge is 0.410 e. The Morgan fingerprint density at radius 3 is 2.41 bits per heavy atom. The van der Waals surface area contributed by atoms with Crippen molar-refractivity contribution in [3.05, 3.63) is 38.5 Å². The highest BCUT2D eigenvalue weighted by molar-refractivity contribution is 5.71. The molecule has 0 N–H and O–H groups in total. The number of piperidine rings is 1. The Kier molecular flexibility index (Phi) is 4.84. The second kappa shape index (κ2) is 6.83. The summed E-state index contributed by atoms with van der Waals surface area (Å²) in [4.78, 5) is 43.4. The summed E-state index contributed by atoms with van der Waals surface area (Å²) in [5.74, 6) is 0. The number of ether oxygens (including phenoxy) is 1. The van der Waals surface area contributed by atoms with Gasteiger partial charge in [0, 0.05) is 32.4 Å². The van der Waals surface area contributed by atoms with Gasteiger partial charge < -0.3 is 14.2 Å². The van der Waals surface area contributed by atoms with Gasteiger partial charge in [0.15, 0.2) is 5.65 Å². The first-order valence-corrected chi connectivity index (χ1v) is 9.14. The highest BCUT2D eigenvalue weighted by Gasteiger charge is 2.29. The molecule has 1 amide bonds. The summed E-state index contributed by atoms with van der Waals surface area (Å²) >= 11 is 0. The maximum Gasteiger partial charge on any atom is 0.410 e. The summed E-state index contributed by atoms with van der Waals surface area (Å²) in [5.41, 5.74) is 0.371. The molecule has 3 rings (SSSR count). The van der Waals surface area contributed by atoms with Gasteiger partial charge in [0.1, 0.15) is 5.60 Å². The standard InChI is InChI=1S/C19H26N4O4/c1-12-10-14-15(20-11-12)23(17(25)16(24)21(14)5)13-6-8-22(9-7-13)18(26)27-19(2,3)4/h10-11,13H,6-9H2,1-5H3. The van der Waals surface area contributed by atoms with Gasteiger partial charge in [-0.2, -0.15) is 0 Å². The van der Waals surface area contributed by atoms with E-state index >= 15 is 0 Å². The average Bonchev–Trinajstić information content (AvgIpc) is 2.59. The van der Waals surface area contributed by atoms with Crippen LogP contribution in [0.4, 0.5) is 4.79 Å². The van der Waals surface area contributed by atoms with Crippen LogP contribution in [0.1, 0.15) is 45.2 Å². The molecule has 1 aliphatic rings. The molecule has 27 heavy (non-hydrogen) atoms. The van der Waals surface area contributed by atoms with E-state index in [0.717, 1.165) is 5.56 Å². The summed E-state index contributed by atoms with van der Waals surface area (Å²) in [6.07, 6.45) is 2.47. The maximum atomic E-state index is 12.7. The van der Waals surface area contributed by atoms with Crippen molar-refractivity contribution in [3.8, 4) is 0 Å². The molecule has 0 saturated carbocycles. The van der Waals surface area contributed by atoms with Crippen molar-refractivity contribution in [2.24, 2.45) is 7.05 Å². The molecule has 0 spiro atoms. The van der Waals surface area contributed by atoms with Crippen LogP contribution in [0.2, 0.25) is 0 Å². The van der Waals surface area contributed by atoms with Crippen LogP contribution in [0.5, 0.6) is 0 Å². The van der Waals surface area contributed by atoms with Crippen LogP contribution in [0.3, 0.4) is 0 Å². The molecule has 8 nitrogen and oxygen atoms in total. The fraction of sp³-hybridized carbons (Fsp3) is 0.579. The molecule has 0 unspecified atom stereocenters. The van der Waals surface area contributed by atoms with Gasteiger partial charge in [-0.25, -0.2) is 9.78 Å². The molecule has 0 atom stereocenters. The summed E-state index contributed by atoms with van der Waals surface area (Å²) < 4.78 is 8.27. The van der Waals surface area contributed by atoms with E-state index in [0.29, 0.717) is 37.1 Å². The number of carbonyl (C=O) groups excluding carboxylic acids is 1. The lowest BCUT2D eigenvalue weighted by atomic mass is 10.0. The van der Waals surface area contributed by atoms with E-state index in [1.165, 1.54) is 9.13 Å². The van der Waals surface area contributed by atoms with Crippen LogP contribution in [-0.4, -0.2) is 43.8 Å². The molecule has 1 aliphatic heterocycles. The third-order valence-electron chi connectivity index (χ3n) is 4.76. The Balaban J connectivity index is 1.91. The summed E-state index contributed by atoms with van der Waals surface area (Å²) in [6.45, 7) is 8.32. The minimum Gasteiger partial charge on any atom is -0.444 e. The van der Waals surface area contributed by atoms with Gasteiger partial charge >= 0.3 is 17.2 Å². The lowest BCUT2D eigenvalue weighted by Crippen LogP contribution is -2.46. The Bertz CT molecular complexity index is 992. The number of pyridine rings is 1. The van der Waals surface area contributed by atoms with Crippen LogP contribution < -0.4 is 11.1 Å². The van der Waals surface area contributed by atoms with E-state index in [-0.39, 0.29) is 12.1 Å². The van der Waals surface area contributed by atoms with E-state index < -0.39 is 16.7 Å². The van der Waals surface area contributed by atoms with Gasteiger partial charge in [-0.1, -0.05) is 0 Å². The number of nitrogens with zero attached hydrogens (tertiary/aromatic N) is 4. The zero-order valence-corrected chi connectivity index (χ0v) is 16.5. The summed E-state index contributed by atoms with van der Waals surface area (Å²) in [6, 6.07) is 1.68. The van der Waals surface area contributed by atoms with E-state index in [1.807, 2.05) is 33.8 Å². The maximum absolute atomic E-state index is 12.7. The topological polar surface area (TPSA) is 86.4 Å². The Hall–Kier alpha value is -2.64. The first kappa shape index (κ1) is 19.1. The molecule has 3 heterocycles. The largest absolute Gasteiger partial charge is 0.444 e. The number of likely N-dealkylation sites (tertiary alicyclic amines) is 1. The number of rotatable bonds is 1. The van der Waals surface area contributed by atoms with Crippen molar-refractivity contribution in [2.45, 2.75) is 52.2 Å². The fourth-order valence-corrected chi connectivity index (χ4v) is 3.40. The monoisotopic (exact) mass is 374 g/mol. The molecule has 1 fully saturated rings. The predicted octanol–water partition coefficient (Wildman–Crippen LogP) is 1.98. The van der Waals surface area contributed by atoms with E-state index in [1.54, 1.807) is 18.1 Å². The number of aryl methyl sites for hydroxylation is 2. The van der Waals surface area contributed by atoms with Gasteiger partial charge in [-0.05, 0) is 52.2 Å². The van der Waals surface area contributed by atoms with Crippen molar-refractivity contribution in [1.29, 1.82) is 0 Å². The van der Waals surface area contributed by atoms with Gasteiger partial charge in [0.2, 0.25) is 0 Å². The van der Waals surface area contributed by atoms with Crippen molar-refractivity contribution in [1.82, 2.24) is 19.0 Å². The number of amides is 1. The normalized spacial score (nSPS) is 16.0. The van der Waals surface area contributed by atoms with Gasteiger partial charge in [-0.15, -0.1) is 0 Å². The number of aromatic nitrogens is 3. The first-order valence-electron chi connectivity index (χ1n) is 9.14. The van der Waals surface area contributed by atoms with E-state index in [4.69, 9.17) is 4.74 Å². The van der Waals surface area contributed by atoms with Crippen molar-refractivity contribution in [2.75, 3.05) is 13.1 Å². The molecular weight excluding hydrogens is 348 g/mol. The number of fused-ring (bicyclic) bond motifs is 1. The zero-order chi connectivity index (χ0) is 19.9. The summed E-state index contributed by atoms with van der Waals surface area (Å²) in [7, 11) is 1.59. The molecule has 8 heteroatoms. The van der Waals surface area contributed by atoms with Crippen LogP contribution in [0, 0.1) is 6.92 Å². The van der Waals surface area contributed by atoms with Crippen LogP contribution >= 0.6 is 0 Å². The Labute approximate surface area is 157 Å². The molecular formula is C19H26N4O4. The van der Waals surface area contributed by atoms with Gasteiger partial charge in [0.25, 0.3) is 0 Å². The number of hydrogen-bond acceptors (Lipinski definition) is 5. The second-order valence-electron chi connectivity index (χ2n) is 8.09. The Morgan fingerprint density at radius 2 is 1.81 bits per heavy atom. The zero-order valence-electron chi connectivity index (χ0n) is 16.5. The fourth-order valence-electron chi connectivity index (χ4n) is 3.40. The van der Waals surface area contributed by atoms with Gasteiger partial charge in [0.05, 0.1) is 5.52 Å². The van der Waals surface area contributed by atoms with E-state index in [2.05, 4.69) is 4.98 Å². The SMILES string of the molecule is Cc1cnc2c(c1)n(C)c(=O)c(=O)n2C1CCN(C(=O)OC(C)(C)C)CC1. The molecule has 0 aromatic carbocycles. The first-order chi connectivity index (χ1) is 12.6. The van der Waals surface area contributed by atoms with E-state index in [9.17, 15) is 14.4 Å². The molecule has 1 saturated heterocycles.